The normalized spacial score (nSPS) is 13.5. The van der Waals surface area contributed by atoms with Gasteiger partial charge in [-0.1, -0.05) is 258 Å². The molecule has 0 aliphatic carbocycles. The first-order valence-electron chi connectivity index (χ1n) is 37.4. The molecule has 0 spiro atoms. The number of thiophene rings is 1. The van der Waals surface area contributed by atoms with Crippen molar-refractivity contribution in [2.75, 3.05) is 19.6 Å². The Labute approximate surface area is 630 Å². The van der Waals surface area contributed by atoms with Crippen LogP contribution in [0.25, 0.3) is 107 Å². The molecule has 512 valence electrons. The number of hydrogen-bond donors (Lipinski definition) is 0. The van der Waals surface area contributed by atoms with Crippen LogP contribution < -0.4 is 19.6 Å². The van der Waals surface area contributed by atoms with E-state index in [0.717, 1.165) is 62.1 Å². The first-order chi connectivity index (χ1) is 53.1. The molecule has 2 aromatic heterocycles. The maximum absolute atomic E-state index is 6.64. The fourth-order valence-electron chi connectivity index (χ4n) is 17.8. The largest absolute Gasteiger partial charge is 0.456 e. The van der Waals surface area contributed by atoms with Crippen LogP contribution in [0.2, 0.25) is 0 Å². The highest BCUT2D eigenvalue weighted by molar-refractivity contribution is 7.26. The molecule has 6 heteroatoms. The highest BCUT2D eigenvalue weighted by Crippen LogP contribution is 2.58. The van der Waals surface area contributed by atoms with Crippen LogP contribution in [0.4, 0.5) is 68.2 Å². The first kappa shape index (κ1) is 63.2. The number of nitrogens with zero attached hydrogens (tertiary/aromatic N) is 4. The molecule has 0 saturated heterocycles. The van der Waals surface area contributed by atoms with Gasteiger partial charge in [-0.15, -0.1) is 11.3 Å². The maximum atomic E-state index is 6.64. The van der Waals surface area contributed by atoms with E-state index in [4.69, 9.17) is 4.42 Å². The summed E-state index contributed by atoms with van der Waals surface area (Å²) in [5.41, 5.74) is 20.6. The van der Waals surface area contributed by atoms with Crippen LogP contribution in [0.15, 0.2) is 368 Å². The molecule has 22 rings (SSSR count). The Morgan fingerprint density at radius 2 is 0.694 bits per heavy atom. The summed E-state index contributed by atoms with van der Waals surface area (Å²) in [6.07, 6.45) is 0. The average molecular weight is 1400 g/mol. The predicted octanol–water partition coefficient (Wildman–Crippen LogP) is 29.7. The minimum atomic E-state index is -0.223. The molecule has 0 amide bonds. The number of hydrogen-bond acceptors (Lipinski definition) is 6. The Balaban J connectivity index is 0.000000138. The molecule has 0 bridgehead atoms. The topological polar surface area (TPSA) is 26.1 Å². The molecular formula is C102H72N4OS. The second-order valence-electron chi connectivity index (χ2n) is 30.0. The fraction of sp³-hybridized carbons (Fsp3) is 0.0588. The molecule has 0 saturated carbocycles. The zero-order valence-corrected chi connectivity index (χ0v) is 61.1. The third-order valence-corrected chi connectivity index (χ3v) is 24.2. The highest BCUT2D eigenvalue weighted by Gasteiger charge is 2.40. The van der Waals surface area contributed by atoms with E-state index in [1.54, 1.807) is 0 Å². The van der Waals surface area contributed by atoms with Gasteiger partial charge in [-0.3, -0.25) is 0 Å². The molecule has 0 unspecified atom stereocenters. The monoisotopic (exact) mass is 1400 g/mol. The van der Waals surface area contributed by atoms with Gasteiger partial charge in [0.2, 0.25) is 0 Å². The lowest BCUT2D eigenvalue weighted by atomic mass is 9.73. The summed E-state index contributed by atoms with van der Waals surface area (Å²) in [5.74, 6) is 0. The Kier molecular flexibility index (Phi) is 14.5. The highest BCUT2D eigenvalue weighted by atomic mass is 32.1. The van der Waals surface area contributed by atoms with Gasteiger partial charge in [0.05, 0.1) is 39.8 Å². The Hall–Kier alpha value is -13.3. The summed E-state index contributed by atoms with van der Waals surface area (Å²) in [4.78, 5) is 9.74. The smallest absolute Gasteiger partial charge is 0.137 e. The SMILES string of the molecule is CC1(C)c2ccccc2N(c2ccc3cc(N(c4ccccc4)c4cccc5ccccc45)ccc3c2)c2cc3oc4ccc5ccccc5c4c3cc21.CC1(C)c2ccccc2N(c2cccc3c(N(c4ccccc4)c4ccc5ccccc5c4)cccc23)c2cc3sc4cc5ccccc5cc4c3cc21. The average Bonchev–Trinajstić information content (AvgIpc) is 1.22. The van der Waals surface area contributed by atoms with Crippen molar-refractivity contribution in [3.05, 3.63) is 386 Å². The van der Waals surface area contributed by atoms with Gasteiger partial charge in [0.25, 0.3) is 0 Å². The van der Waals surface area contributed by atoms with Crippen LogP contribution in [0, 0.1) is 0 Å². The van der Waals surface area contributed by atoms with E-state index < -0.39 is 0 Å². The summed E-state index contributed by atoms with van der Waals surface area (Å²) in [7, 11) is 0. The van der Waals surface area contributed by atoms with Crippen molar-refractivity contribution < 1.29 is 4.42 Å². The van der Waals surface area contributed by atoms with Crippen molar-refractivity contribution in [2.24, 2.45) is 0 Å². The summed E-state index contributed by atoms with van der Waals surface area (Å²) in [6, 6.07) is 133. The van der Waals surface area contributed by atoms with Gasteiger partial charge < -0.3 is 24.0 Å². The lowest BCUT2D eigenvalue weighted by Gasteiger charge is -2.42. The Morgan fingerprint density at radius 1 is 0.250 bits per heavy atom. The number of rotatable bonds is 8. The zero-order chi connectivity index (χ0) is 71.9. The van der Waals surface area contributed by atoms with Crippen LogP contribution in [0.5, 0.6) is 0 Å². The van der Waals surface area contributed by atoms with E-state index in [1.165, 1.54) is 135 Å². The standard InChI is InChI=1S/C51H36N2O.C51H36N2S/c1-51(2)43-20-10-11-21-46(43)53(47-32-49-42(31-44(47)51)50-41-19-9-7-14-34(41)25-28-48(50)54-49)39-27-24-35-29-38(26-23-36(35)30-39)52(37-16-4-3-5-17-37)45-22-12-15-33-13-6-8-18-40(33)45;1-51(2)43-22-10-11-23-47(43)53(48-32-50-42(31-44(48)51)41-29-35-16-8-9-17-36(35)30-49(41)54-50)46-25-13-20-39-40(46)21-12-24-45(39)52(37-18-4-3-5-19-37)38-27-26-33-14-6-7-15-34(33)28-38/h2*3-32H,1-2H3. The van der Waals surface area contributed by atoms with Crippen LogP contribution in [-0.4, -0.2) is 0 Å². The zero-order valence-electron chi connectivity index (χ0n) is 60.2. The van der Waals surface area contributed by atoms with Gasteiger partial charge in [-0.25, -0.2) is 0 Å². The van der Waals surface area contributed by atoms with E-state index in [2.05, 4.69) is 411 Å². The van der Waals surface area contributed by atoms with E-state index in [9.17, 15) is 0 Å². The number of anilines is 12. The maximum Gasteiger partial charge on any atom is 0.137 e. The third kappa shape index (κ3) is 10.0. The molecule has 0 N–H and O–H groups in total. The van der Waals surface area contributed by atoms with E-state index in [1.807, 2.05) is 11.3 Å². The van der Waals surface area contributed by atoms with Crippen LogP contribution in [0.3, 0.4) is 0 Å². The molecule has 4 heterocycles. The fourth-order valence-corrected chi connectivity index (χ4v) is 19.0. The number of fused-ring (bicyclic) bond motifs is 17. The molecule has 2 aliphatic heterocycles. The van der Waals surface area contributed by atoms with Crippen molar-refractivity contribution in [3.8, 4) is 0 Å². The van der Waals surface area contributed by atoms with Crippen molar-refractivity contribution in [1.82, 2.24) is 0 Å². The minimum absolute atomic E-state index is 0.197. The van der Waals surface area contributed by atoms with Crippen molar-refractivity contribution in [2.45, 2.75) is 38.5 Å². The molecule has 0 atom stereocenters. The number of para-hydroxylation sites is 4. The van der Waals surface area contributed by atoms with Gasteiger partial charge in [0.1, 0.15) is 11.2 Å². The minimum Gasteiger partial charge on any atom is -0.456 e. The molecule has 108 heavy (non-hydrogen) atoms. The Bertz CT molecular complexity index is 7050. The van der Waals surface area contributed by atoms with Crippen LogP contribution in [-0.2, 0) is 10.8 Å². The lowest BCUT2D eigenvalue weighted by molar-refractivity contribution is 0.630. The summed E-state index contributed by atoms with van der Waals surface area (Å²) in [6.45, 7) is 9.48. The second-order valence-corrected chi connectivity index (χ2v) is 31.1. The van der Waals surface area contributed by atoms with Gasteiger partial charge in [0, 0.05) is 92.4 Å². The molecule has 2 aliphatic rings. The number of benzene rings is 18. The third-order valence-electron chi connectivity index (χ3n) is 23.1. The molecule has 5 nitrogen and oxygen atoms in total. The van der Waals surface area contributed by atoms with E-state index >= 15 is 0 Å². The summed E-state index contributed by atoms with van der Waals surface area (Å²) in [5, 5.41) is 19.7. The molecule has 0 radical (unpaired) electrons. The van der Waals surface area contributed by atoms with E-state index in [0.29, 0.717) is 0 Å². The van der Waals surface area contributed by atoms with Crippen LogP contribution in [0.1, 0.15) is 49.9 Å². The predicted molar refractivity (Wildman–Crippen MR) is 461 cm³/mol. The number of furan rings is 1. The summed E-state index contributed by atoms with van der Waals surface area (Å²) < 4.78 is 9.28. The first-order valence-corrected chi connectivity index (χ1v) is 38.2. The van der Waals surface area contributed by atoms with Crippen molar-refractivity contribution in [3.63, 3.8) is 0 Å². The molecule has 18 aromatic carbocycles. The van der Waals surface area contributed by atoms with Gasteiger partial charge >= 0.3 is 0 Å². The molecule has 20 aromatic rings. The van der Waals surface area contributed by atoms with Gasteiger partial charge in [-0.05, 0) is 198 Å². The van der Waals surface area contributed by atoms with Crippen LogP contribution >= 0.6 is 11.3 Å². The van der Waals surface area contributed by atoms with Gasteiger partial charge in [0.15, 0.2) is 0 Å². The Morgan fingerprint density at radius 3 is 1.39 bits per heavy atom. The summed E-state index contributed by atoms with van der Waals surface area (Å²) >= 11 is 1.90. The molecule has 0 fully saturated rings. The lowest BCUT2D eigenvalue weighted by Crippen LogP contribution is -2.30. The van der Waals surface area contributed by atoms with E-state index in [-0.39, 0.29) is 10.8 Å². The van der Waals surface area contributed by atoms with Crippen molar-refractivity contribution in [1.29, 1.82) is 0 Å². The quantitative estimate of drug-likeness (QED) is 0.151. The van der Waals surface area contributed by atoms with Crippen molar-refractivity contribution >= 4 is 186 Å². The van der Waals surface area contributed by atoms with Gasteiger partial charge in [-0.2, -0.15) is 0 Å². The second kappa shape index (κ2) is 24.7. The molecular weight excluding hydrogens is 1330 g/mol.